The zero-order chi connectivity index (χ0) is 16.3. The number of carbonyl (C=O) groups is 1. The summed E-state index contributed by atoms with van der Waals surface area (Å²) in [4.78, 5) is 14.2. The zero-order valence-corrected chi connectivity index (χ0v) is 14.4. The summed E-state index contributed by atoms with van der Waals surface area (Å²) in [6.45, 7) is 11.7. The van der Waals surface area contributed by atoms with Crippen molar-refractivity contribution in [2.24, 2.45) is 5.92 Å². The highest BCUT2D eigenvalue weighted by Crippen LogP contribution is 2.31. The van der Waals surface area contributed by atoms with Gasteiger partial charge in [-0.05, 0) is 57.2 Å². The maximum atomic E-state index is 12.4. The minimum Gasteiger partial charge on any atom is -0.443 e. The number of aryl methyl sites for hydroxylation is 1. The van der Waals surface area contributed by atoms with Crippen LogP contribution in [0.3, 0.4) is 0 Å². The normalized spacial score (nSPS) is 14.7. The molecular formula is C18H28N2O2. The number of hydrogen-bond donors (Lipinski definition) is 1. The predicted molar refractivity (Wildman–Crippen MR) is 91.7 cm³/mol. The van der Waals surface area contributed by atoms with Gasteiger partial charge in [0.1, 0.15) is 5.60 Å². The molecule has 2 rings (SSSR count). The first-order chi connectivity index (χ1) is 10.3. The van der Waals surface area contributed by atoms with Crippen molar-refractivity contribution in [2.45, 2.75) is 53.1 Å². The molecule has 1 N–H and O–H groups in total. The van der Waals surface area contributed by atoms with E-state index in [1.807, 2.05) is 20.8 Å². The lowest BCUT2D eigenvalue weighted by Gasteiger charge is -2.32. The van der Waals surface area contributed by atoms with Gasteiger partial charge in [-0.3, -0.25) is 4.90 Å². The van der Waals surface area contributed by atoms with E-state index in [9.17, 15) is 4.79 Å². The molecule has 0 saturated carbocycles. The van der Waals surface area contributed by atoms with Crippen molar-refractivity contribution in [3.05, 3.63) is 23.8 Å². The third-order valence-corrected chi connectivity index (χ3v) is 3.53. The van der Waals surface area contributed by atoms with Gasteiger partial charge < -0.3 is 10.1 Å². The summed E-state index contributed by atoms with van der Waals surface area (Å²) in [5.41, 5.74) is 2.78. The van der Waals surface area contributed by atoms with Crippen molar-refractivity contribution in [3.63, 3.8) is 0 Å². The molecule has 0 unspecified atom stereocenters. The van der Waals surface area contributed by atoms with Crippen LogP contribution >= 0.6 is 0 Å². The molecule has 1 aromatic carbocycles. The van der Waals surface area contributed by atoms with Gasteiger partial charge in [0.15, 0.2) is 0 Å². The van der Waals surface area contributed by atoms with Crippen LogP contribution in [-0.2, 0) is 11.2 Å². The van der Waals surface area contributed by atoms with Crippen LogP contribution in [0.25, 0.3) is 0 Å². The summed E-state index contributed by atoms with van der Waals surface area (Å²) < 4.78 is 5.54. The van der Waals surface area contributed by atoms with E-state index >= 15 is 0 Å². The summed E-state index contributed by atoms with van der Waals surface area (Å²) in [7, 11) is 0. The first-order valence-corrected chi connectivity index (χ1v) is 8.13. The highest BCUT2D eigenvalue weighted by Gasteiger charge is 2.27. The van der Waals surface area contributed by atoms with Crippen LogP contribution in [0.2, 0.25) is 0 Å². The molecule has 22 heavy (non-hydrogen) atoms. The maximum Gasteiger partial charge on any atom is 0.414 e. The topological polar surface area (TPSA) is 41.6 Å². The van der Waals surface area contributed by atoms with Gasteiger partial charge in [-0.25, -0.2) is 4.79 Å². The Morgan fingerprint density at radius 2 is 2.09 bits per heavy atom. The van der Waals surface area contributed by atoms with E-state index in [1.165, 1.54) is 5.56 Å². The first-order valence-electron chi connectivity index (χ1n) is 8.13. The van der Waals surface area contributed by atoms with Crippen LogP contribution in [0.1, 0.15) is 46.6 Å². The van der Waals surface area contributed by atoms with Gasteiger partial charge in [0.2, 0.25) is 0 Å². The Hall–Kier alpha value is -1.71. The lowest BCUT2D eigenvalue weighted by Crippen LogP contribution is -2.39. The summed E-state index contributed by atoms with van der Waals surface area (Å²) in [5, 5.41) is 3.42. The number of carbonyl (C=O) groups excluding carboxylic acids is 1. The van der Waals surface area contributed by atoms with E-state index in [-0.39, 0.29) is 6.09 Å². The molecule has 1 aliphatic heterocycles. The lowest BCUT2D eigenvalue weighted by atomic mass is 10.0. The van der Waals surface area contributed by atoms with Gasteiger partial charge in [-0.2, -0.15) is 0 Å². The molecule has 0 bridgehead atoms. The molecule has 122 valence electrons. The van der Waals surface area contributed by atoms with Crippen molar-refractivity contribution >= 4 is 17.5 Å². The molecule has 4 nitrogen and oxygen atoms in total. The summed E-state index contributed by atoms with van der Waals surface area (Å²) in [6.07, 6.45) is 1.74. The molecule has 1 aromatic rings. The number of hydrogen-bond acceptors (Lipinski definition) is 3. The molecule has 1 amide bonds. The Bertz CT molecular complexity index is 532. The Kier molecular flexibility index (Phi) is 4.99. The van der Waals surface area contributed by atoms with Gasteiger partial charge in [0, 0.05) is 18.8 Å². The molecule has 0 aliphatic carbocycles. The minimum absolute atomic E-state index is 0.255. The molecule has 0 saturated heterocycles. The van der Waals surface area contributed by atoms with E-state index in [0.717, 1.165) is 37.3 Å². The van der Waals surface area contributed by atoms with Crippen molar-refractivity contribution in [3.8, 4) is 0 Å². The van der Waals surface area contributed by atoms with Gasteiger partial charge >= 0.3 is 6.09 Å². The average Bonchev–Trinajstić information content (AvgIpc) is 2.42. The highest BCUT2D eigenvalue weighted by atomic mass is 16.6. The second kappa shape index (κ2) is 6.59. The average molecular weight is 304 g/mol. The lowest BCUT2D eigenvalue weighted by molar-refractivity contribution is 0.0578. The van der Waals surface area contributed by atoms with Gasteiger partial charge in [0.05, 0.1) is 5.69 Å². The number of amides is 1. The van der Waals surface area contributed by atoms with Gasteiger partial charge in [-0.1, -0.05) is 19.9 Å². The summed E-state index contributed by atoms with van der Waals surface area (Å²) in [6, 6.07) is 6.29. The molecule has 0 fully saturated rings. The zero-order valence-electron chi connectivity index (χ0n) is 14.4. The van der Waals surface area contributed by atoms with Crippen LogP contribution in [0.4, 0.5) is 16.2 Å². The smallest absolute Gasteiger partial charge is 0.414 e. The van der Waals surface area contributed by atoms with Crippen molar-refractivity contribution in [1.82, 2.24) is 0 Å². The predicted octanol–water partition coefficient (Wildman–Crippen LogP) is 4.44. The Labute approximate surface area is 133 Å². The molecule has 0 spiro atoms. The molecule has 0 radical (unpaired) electrons. The number of fused-ring (bicyclic) bond motifs is 1. The number of rotatable bonds is 3. The van der Waals surface area contributed by atoms with Crippen LogP contribution in [0.15, 0.2) is 18.2 Å². The molecule has 0 atom stereocenters. The first kappa shape index (κ1) is 16.7. The fourth-order valence-corrected chi connectivity index (χ4v) is 2.51. The number of anilines is 2. The van der Waals surface area contributed by atoms with Crippen LogP contribution in [-0.4, -0.2) is 24.8 Å². The number of nitrogens with zero attached hydrogens (tertiary/aromatic N) is 1. The largest absolute Gasteiger partial charge is 0.443 e. The van der Waals surface area contributed by atoms with E-state index < -0.39 is 5.60 Å². The van der Waals surface area contributed by atoms with Crippen LogP contribution in [0, 0.1) is 5.92 Å². The second-order valence-electron chi connectivity index (χ2n) is 7.35. The Balaban J connectivity index is 2.20. The standard InChI is InChI=1S/C18H28N2O2/c1-13(2)12-19-15-9-8-14-7-6-10-20(16(14)11-15)17(21)22-18(3,4)5/h8-9,11,13,19H,6-7,10,12H2,1-5H3. The monoisotopic (exact) mass is 304 g/mol. The number of benzene rings is 1. The van der Waals surface area contributed by atoms with Gasteiger partial charge in [0.25, 0.3) is 0 Å². The molecular weight excluding hydrogens is 276 g/mol. The SMILES string of the molecule is CC(C)CNc1ccc2c(c1)N(C(=O)OC(C)(C)C)CCC2. The third-order valence-electron chi connectivity index (χ3n) is 3.53. The molecule has 1 aliphatic rings. The van der Waals surface area contributed by atoms with Crippen LogP contribution in [0.5, 0.6) is 0 Å². The summed E-state index contributed by atoms with van der Waals surface area (Å²) >= 11 is 0. The van der Waals surface area contributed by atoms with E-state index in [0.29, 0.717) is 5.92 Å². The van der Waals surface area contributed by atoms with Gasteiger partial charge in [-0.15, -0.1) is 0 Å². The van der Waals surface area contributed by atoms with E-state index in [1.54, 1.807) is 4.90 Å². The molecule has 4 heteroatoms. The molecule has 0 aromatic heterocycles. The van der Waals surface area contributed by atoms with E-state index in [2.05, 4.69) is 37.4 Å². The quantitative estimate of drug-likeness (QED) is 0.897. The Morgan fingerprint density at radius 3 is 2.73 bits per heavy atom. The fraction of sp³-hybridized carbons (Fsp3) is 0.611. The second-order valence-corrected chi connectivity index (χ2v) is 7.35. The summed E-state index contributed by atoms with van der Waals surface area (Å²) in [5.74, 6) is 0.581. The highest BCUT2D eigenvalue weighted by molar-refractivity contribution is 5.90. The fourth-order valence-electron chi connectivity index (χ4n) is 2.51. The van der Waals surface area contributed by atoms with Crippen molar-refractivity contribution in [1.29, 1.82) is 0 Å². The third kappa shape index (κ3) is 4.39. The van der Waals surface area contributed by atoms with Crippen LogP contribution < -0.4 is 10.2 Å². The molecule has 1 heterocycles. The minimum atomic E-state index is -0.470. The van der Waals surface area contributed by atoms with Crippen molar-refractivity contribution < 1.29 is 9.53 Å². The number of nitrogens with one attached hydrogen (secondary N) is 1. The Morgan fingerprint density at radius 1 is 1.36 bits per heavy atom. The number of ether oxygens (including phenoxy) is 1. The van der Waals surface area contributed by atoms with E-state index in [4.69, 9.17) is 4.74 Å². The maximum absolute atomic E-state index is 12.4. The van der Waals surface area contributed by atoms with Crippen molar-refractivity contribution in [2.75, 3.05) is 23.3 Å².